The van der Waals surface area contributed by atoms with Crippen molar-refractivity contribution in [3.8, 4) is 45.1 Å². The van der Waals surface area contributed by atoms with Gasteiger partial charge in [-0.3, -0.25) is 0 Å². The molecule has 1 aliphatic rings. The molecule has 4 heterocycles. The Bertz CT molecular complexity index is 3970. The maximum Gasteiger partial charge on any atom is 0.162 e. The SMILES string of the molecule is C=C1/C=C(c2ccc3c(c2)c2ccccc2n3-c2ccccc2)\C=C/CN(c2cc(-c3ccccc3)nc(-c3ccccc3)n2)c2ccc(-c3ccc4c(c3)c3ccccc3n4-c3ccccc3)cc21. The van der Waals surface area contributed by atoms with Crippen molar-refractivity contribution in [1.29, 1.82) is 0 Å². The van der Waals surface area contributed by atoms with Gasteiger partial charge in [0.05, 0.1) is 33.4 Å². The van der Waals surface area contributed by atoms with Gasteiger partial charge in [0.25, 0.3) is 0 Å². The molecule has 1 aliphatic heterocycles. The van der Waals surface area contributed by atoms with Gasteiger partial charge in [0.1, 0.15) is 5.82 Å². The minimum Gasteiger partial charge on any atom is -0.322 e. The van der Waals surface area contributed by atoms with Gasteiger partial charge in [0, 0.05) is 62.2 Å². The summed E-state index contributed by atoms with van der Waals surface area (Å²) in [5.74, 6) is 1.47. The van der Waals surface area contributed by atoms with Crippen LogP contribution in [0.25, 0.3) is 99.9 Å². The first-order chi connectivity index (χ1) is 34.6. The van der Waals surface area contributed by atoms with Gasteiger partial charge in [0.15, 0.2) is 5.82 Å². The average molecular weight is 896 g/mol. The van der Waals surface area contributed by atoms with Crippen molar-refractivity contribution in [1.82, 2.24) is 19.1 Å². The first-order valence-corrected chi connectivity index (χ1v) is 23.8. The molecule has 0 atom stereocenters. The Hall–Kier alpha value is -9.32. The Morgan fingerprint density at radius 3 is 1.53 bits per heavy atom. The molecule has 0 saturated heterocycles. The summed E-state index contributed by atoms with van der Waals surface area (Å²) in [4.78, 5) is 12.8. The lowest BCUT2D eigenvalue weighted by molar-refractivity contribution is 1.03. The average Bonchev–Trinajstić information content (AvgIpc) is 3.96. The van der Waals surface area contributed by atoms with Crippen LogP contribution in [0.15, 0.2) is 255 Å². The number of benzene rings is 9. The van der Waals surface area contributed by atoms with Crippen molar-refractivity contribution >= 4 is 66.3 Å². The number of allylic oxidation sites excluding steroid dienone is 4. The zero-order valence-electron chi connectivity index (χ0n) is 38.3. The lowest BCUT2D eigenvalue weighted by Crippen LogP contribution is -2.20. The van der Waals surface area contributed by atoms with E-state index in [9.17, 15) is 0 Å². The second kappa shape index (κ2) is 17.1. The van der Waals surface area contributed by atoms with Gasteiger partial charge in [-0.1, -0.05) is 170 Å². The van der Waals surface area contributed by atoms with Crippen LogP contribution in [0.3, 0.4) is 0 Å². The predicted octanol–water partition coefficient (Wildman–Crippen LogP) is 16.5. The number of rotatable bonds is 7. The van der Waals surface area contributed by atoms with Crippen molar-refractivity contribution in [2.24, 2.45) is 0 Å². The summed E-state index contributed by atoms with van der Waals surface area (Å²) in [6.07, 6.45) is 6.75. The lowest BCUT2D eigenvalue weighted by atomic mass is 9.94. The van der Waals surface area contributed by atoms with Crippen molar-refractivity contribution in [2.75, 3.05) is 11.4 Å². The van der Waals surface area contributed by atoms with Gasteiger partial charge in [-0.15, -0.1) is 0 Å². The number of para-hydroxylation sites is 4. The Morgan fingerprint density at radius 1 is 0.400 bits per heavy atom. The molecule has 0 N–H and O–H groups in total. The maximum absolute atomic E-state index is 5.35. The van der Waals surface area contributed by atoms with Crippen LogP contribution in [0.4, 0.5) is 11.5 Å². The van der Waals surface area contributed by atoms with E-state index >= 15 is 0 Å². The number of fused-ring (bicyclic) bond motifs is 7. The quantitative estimate of drug-likeness (QED) is 0.160. The van der Waals surface area contributed by atoms with Gasteiger partial charge in [-0.25, -0.2) is 9.97 Å². The summed E-state index contributed by atoms with van der Waals surface area (Å²) in [6.45, 7) is 5.43. The second-order valence-electron chi connectivity index (χ2n) is 17.9. The van der Waals surface area contributed by atoms with E-state index in [1.165, 1.54) is 43.6 Å². The van der Waals surface area contributed by atoms with E-state index in [0.717, 1.165) is 73.1 Å². The first-order valence-electron chi connectivity index (χ1n) is 23.8. The van der Waals surface area contributed by atoms with Gasteiger partial charge in [-0.2, -0.15) is 0 Å². The maximum atomic E-state index is 5.35. The zero-order chi connectivity index (χ0) is 46.5. The highest BCUT2D eigenvalue weighted by molar-refractivity contribution is 6.12. The molecule has 5 nitrogen and oxygen atoms in total. The van der Waals surface area contributed by atoms with Gasteiger partial charge < -0.3 is 14.0 Å². The van der Waals surface area contributed by atoms with Gasteiger partial charge >= 0.3 is 0 Å². The summed E-state index contributed by atoms with van der Waals surface area (Å²) in [5, 5.41) is 4.84. The molecule has 9 aromatic carbocycles. The van der Waals surface area contributed by atoms with Crippen molar-refractivity contribution in [3.05, 3.63) is 266 Å². The summed E-state index contributed by atoms with van der Waals surface area (Å²) in [6, 6.07) is 82.0. The predicted molar refractivity (Wildman–Crippen MR) is 293 cm³/mol. The molecule has 70 heavy (non-hydrogen) atoms. The molecule has 0 radical (unpaired) electrons. The van der Waals surface area contributed by atoms with Crippen LogP contribution in [0.2, 0.25) is 0 Å². The smallest absolute Gasteiger partial charge is 0.162 e. The van der Waals surface area contributed by atoms with Crippen molar-refractivity contribution in [3.63, 3.8) is 0 Å². The van der Waals surface area contributed by atoms with Crippen LogP contribution in [-0.2, 0) is 0 Å². The molecule has 0 spiro atoms. The van der Waals surface area contributed by atoms with Crippen LogP contribution >= 0.6 is 0 Å². The van der Waals surface area contributed by atoms with Crippen LogP contribution in [0.5, 0.6) is 0 Å². The fraction of sp³-hybridized carbons (Fsp3) is 0.0154. The minimum absolute atomic E-state index is 0.553. The topological polar surface area (TPSA) is 38.9 Å². The zero-order valence-corrected chi connectivity index (χ0v) is 38.3. The normalized spacial score (nSPS) is 14.0. The molecular formula is C65H45N5. The second-order valence-corrected chi connectivity index (χ2v) is 17.9. The number of hydrogen-bond acceptors (Lipinski definition) is 3. The van der Waals surface area contributed by atoms with E-state index in [4.69, 9.17) is 16.5 Å². The largest absolute Gasteiger partial charge is 0.322 e. The molecule has 0 unspecified atom stereocenters. The third-order valence-corrected chi connectivity index (χ3v) is 13.7. The molecule has 5 heteroatoms. The van der Waals surface area contributed by atoms with E-state index in [-0.39, 0.29) is 0 Å². The number of anilines is 2. The summed E-state index contributed by atoms with van der Waals surface area (Å²) < 4.78 is 4.73. The number of aromatic nitrogens is 4. The Balaban J connectivity index is 0.991. The van der Waals surface area contributed by atoms with E-state index in [0.29, 0.717) is 12.4 Å². The van der Waals surface area contributed by atoms with Crippen LogP contribution in [0.1, 0.15) is 11.1 Å². The Morgan fingerprint density at radius 2 is 0.900 bits per heavy atom. The van der Waals surface area contributed by atoms with E-state index in [1.54, 1.807) is 0 Å². The van der Waals surface area contributed by atoms with Gasteiger partial charge in [-0.05, 0) is 107 Å². The molecule has 3 aromatic heterocycles. The van der Waals surface area contributed by atoms with E-state index in [1.807, 2.05) is 24.3 Å². The number of nitrogens with zero attached hydrogens (tertiary/aromatic N) is 5. The number of hydrogen-bond donors (Lipinski definition) is 0. The summed E-state index contributed by atoms with van der Waals surface area (Å²) in [7, 11) is 0. The fourth-order valence-electron chi connectivity index (χ4n) is 10.4. The molecule has 0 bridgehead atoms. The third kappa shape index (κ3) is 7.11. The highest BCUT2D eigenvalue weighted by atomic mass is 15.2. The third-order valence-electron chi connectivity index (χ3n) is 13.7. The van der Waals surface area contributed by atoms with Crippen molar-refractivity contribution < 1.29 is 0 Å². The highest BCUT2D eigenvalue weighted by Gasteiger charge is 2.22. The summed E-state index contributed by atoms with van der Waals surface area (Å²) in [5.41, 5.74) is 17.2. The molecule has 0 aliphatic carbocycles. The van der Waals surface area contributed by atoms with Crippen LogP contribution in [-0.4, -0.2) is 25.6 Å². The Labute approximate surface area is 406 Å². The van der Waals surface area contributed by atoms with Crippen LogP contribution in [0, 0.1) is 0 Å². The molecule has 12 aromatic rings. The monoisotopic (exact) mass is 895 g/mol. The molecule has 330 valence electrons. The van der Waals surface area contributed by atoms with E-state index < -0.39 is 0 Å². The lowest BCUT2D eigenvalue weighted by Gasteiger charge is -2.26. The van der Waals surface area contributed by atoms with Crippen LogP contribution < -0.4 is 4.90 Å². The van der Waals surface area contributed by atoms with Crippen molar-refractivity contribution in [2.45, 2.75) is 0 Å². The Kier molecular flexibility index (Phi) is 9.98. The molecule has 0 fully saturated rings. The first kappa shape index (κ1) is 40.9. The summed E-state index contributed by atoms with van der Waals surface area (Å²) >= 11 is 0. The standard InChI is InChI=1S/C65H45N5/c1-44-39-47(49-33-36-62-56(41-49)53-28-14-16-30-60(53)69(62)51-24-10-4-11-25-51)23-18-38-68(64-43-58(45-19-6-2-7-20-45)66-65(67-64)46-21-8-3-9-22-46)59-35-32-48(40-55(44)59)50-34-37-63-57(42-50)54-29-15-17-31-61(54)70(63)52-26-12-5-13-27-52/h2-37,39-43H,1,38H2/b23-18-,47-39+. The molecule has 13 rings (SSSR count). The highest BCUT2D eigenvalue weighted by Crippen LogP contribution is 2.42. The fourth-order valence-corrected chi connectivity index (χ4v) is 10.4. The minimum atomic E-state index is 0.553. The molecular weight excluding hydrogens is 851 g/mol. The van der Waals surface area contributed by atoms with E-state index in [2.05, 4.69) is 239 Å². The van der Waals surface area contributed by atoms with Gasteiger partial charge in [0.2, 0.25) is 0 Å². The molecule has 0 amide bonds. The molecule has 0 saturated carbocycles.